The van der Waals surface area contributed by atoms with Crippen molar-refractivity contribution >= 4 is 8.46 Å². The van der Waals surface area contributed by atoms with E-state index in [1.807, 2.05) is 0 Å². The molecule has 0 aromatic rings. The van der Waals surface area contributed by atoms with E-state index in [1.165, 1.54) is 0 Å². The van der Waals surface area contributed by atoms with Gasteiger partial charge in [-0.1, -0.05) is 41.5 Å². The van der Waals surface area contributed by atoms with Crippen LogP contribution in [0.4, 0.5) is 26.3 Å². The zero-order valence-corrected chi connectivity index (χ0v) is 13.5. The second-order valence-electron chi connectivity index (χ2n) is 7.01. The number of hydrogen-bond donors (Lipinski definition) is 1. The van der Waals surface area contributed by atoms with Crippen LogP contribution >= 0.6 is 8.46 Å². The summed E-state index contributed by atoms with van der Waals surface area (Å²) in [6.45, 7) is 6.53. The lowest BCUT2D eigenvalue weighted by Crippen LogP contribution is -2.76. The van der Waals surface area contributed by atoms with Crippen molar-refractivity contribution in [3.63, 3.8) is 0 Å². The van der Waals surface area contributed by atoms with Crippen molar-refractivity contribution in [3.05, 3.63) is 0 Å². The van der Waals surface area contributed by atoms with Crippen LogP contribution in [0.15, 0.2) is 0 Å². The predicted octanol–water partition coefficient (Wildman–Crippen LogP) is 4.96. The van der Waals surface area contributed by atoms with E-state index in [-0.39, 0.29) is 0 Å². The van der Waals surface area contributed by atoms with Gasteiger partial charge in [0.05, 0.1) is 0 Å². The minimum atomic E-state index is -6.04. The number of hydrogen-bond acceptors (Lipinski definition) is 2. The molecule has 0 atom stereocenters. The molecule has 1 N–H and O–H groups in total. The van der Waals surface area contributed by atoms with E-state index in [4.69, 9.17) is 0 Å². The molecule has 0 spiro atoms. The van der Waals surface area contributed by atoms with Crippen molar-refractivity contribution in [2.24, 2.45) is 10.8 Å². The maximum atomic E-state index is 13.2. The molecule has 0 aromatic carbocycles. The third kappa shape index (κ3) is 2.69. The molecular weight excluding hydrogens is 321 g/mol. The molecule has 0 saturated carbocycles. The predicted molar refractivity (Wildman–Crippen MR) is 66.3 cm³/mol. The fraction of sp³-hybridized carbons (Fsp3) is 1.00. The number of alkyl halides is 6. The van der Waals surface area contributed by atoms with Crippen LogP contribution in [0.25, 0.3) is 0 Å². The molecule has 0 radical (unpaired) electrons. The molecule has 0 bridgehead atoms. The monoisotopic (exact) mass is 340 g/mol. The first kappa shape index (κ1) is 20.6. The second-order valence-corrected chi connectivity index (χ2v) is 7.86. The average Bonchev–Trinajstić information content (AvgIpc) is 2.10. The molecule has 0 aliphatic rings. The molecule has 21 heavy (non-hydrogen) atoms. The van der Waals surface area contributed by atoms with Gasteiger partial charge in [-0.2, -0.15) is 26.3 Å². The summed E-state index contributed by atoms with van der Waals surface area (Å²) >= 11 is 0. The van der Waals surface area contributed by atoms with Gasteiger partial charge in [0.15, 0.2) is 8.46 Å². The summed E-state index contributed by atoms with van der Waals surface area (Å²) in [6, 6.07) is 0. The van der Waals surface area contributed by atoms with E-state index in [0.29, 0.717) is 0 Å². The quantitative estimate of drug-likeness (QED) is 0.569. The maximum absolute atomic E-state index is 13.2. The Bertz CT molecular complexity index is 372. The molecule has 0 rings (SSSR count). The van der Waals surface area contributed by atoms with Gasteiger partial charge in [-0.3, -0.25) is 4.57 Å². The highest BCUT2D eigenvalue weighted by molar-refractivity contribution is 7.26. The Morgan fingerprint density at radius 1 is 0.714 bits per heavy atom. The Morgan fingerprint density at radius 3 is 1.00 bits per heavy atom. The molecule has 2 nitrogen and oxygen atoms in total. The summed E-state index contributed by atoms with van der Waals surface area (Å²) < 4.78 is 91.0. The van der Waals surface area contributed by atoms with E-state index in [0.717, 1.165) is 41.5 Å². The lowest BCUT2D eigenvalue weighted by atomic mass is 9.57. The van der Waals surface area contributed by atoms with Crippen LogP contribution in [0.2, 0.25) is 0 Å². The number of aliphatic hydroxyl groups is 1. The lowest BCUT2D eigenvalue weighted by Gasteiger charge is -2.57. The van der Waals surface area contributed by atoms with Crippen molar-refractivity contribution in [2.75, 3.05) is 0 Å². The minimum Gasteiger partial charge on any atom is -0.373 e. The Morgan fingerprint density at radius 2 is 0.952 bits per heavy atom. The van der Waals surface area contributed by atoms with Crippen molar-refractivity contribution in [3.8, 4) is 0 Å². The third-order valence-corrected chi connectivity index (χ3v) is 5.59. The molecular formula is C12H19F6O2P. The summed E-state index contributed by atoms with van der Waals surface area (Å²) in [5.41, 5.74) is -8.66. The fourth-order valence-corrected chi connectivity index (χ4v) is 4.05. The Kier molecular flexibility index (Phi) is 5.00. The van der Waals surface area contributed by atoms with E-state index >= 15 is 0 Å². The molecule has 0 fully saturated rings. The van der Waals surface area contributed by atoms with Crippen molar-refractivity contribution in [1.29, 1.82) is 0 Å². The zero-order chi connectivity index (χ0) is 17.7. The van der Waals surface area contributed by atoms with E-state index < -0.39 is 42.4 Å². The smallest absolute Gasteiger partial charge is 0.373 e. The fourth-order valence-electron chi connectivity index (χ4n) is 3.12. The largest absolute Gasteiger partial charge is 0.427 e. The Hall–Kier alpha value is -0.360. The van der Waals surface area contributed by atoms with Crippen LogP contribution < -0.4 is 0 Å². The van der Waals surface area contributed by atoms with Crippen LogP contribution in [0.1, 0.15) is 41.5 Å². The molecule has 126 valence electrons. The second kappa shape index (κ2) is 5.08. The van der Waals surface area contributed by atoms with Gasteiger partial charge < -0.3 is 5.11 Å². The molecule has 9 heteroatoms. The van der Waals surface area contributed by atoms with Gasteiger partial charge in [0, 0.05) is 0 Å². The lowest BCUT2D eigenvalue weighted by molar-refractivity contribution is -0.393. The Balaban J connectivity index is 7.02. The molecule has 0 saturated heterocycles. The summed E-state index contributed by atoms with van der Waals surface area (Å²) in [4.78, 5) is 0. The highest BCUT2D eigenvalue weighted by Crippen LogP contribution is 2.66. The highest BCUT2D eigenvalue weighted by atomic mass is 31.1. The molecule has 0 amide bonds. The molecule has 0 aromatic heterocycles. The van der Waals surface area contributed by atoms with Crippen molar-refractivity contribution in [2.45, 2.75) is 64.7 Å². The van der Waals surface area contributed by atoms with Crippen molar-refractivity contribution in [1.82, 2.24) is 0 Å². The number of rotatable bonds is 2. The van der Waals surface area contributed by atoms with Gasteiger partial charge in [0.1, 0.15) is 5.16 Å². The molecule has 0 aliphatic heterocycles. The van der Waals surface area contributed by atoms with E-state index in [9.17, 15) is 36.0 Å². The highest BCUT2D eigenvalue weighted by Gasteiger charge is 2.84. The first-order valence-corrected chi connectivity index (χ1v) is 6.83. The van der Waals surface area contributed by atoms with Gasteiger partial charge in [0.25, 0.3) is 5.60 Å². The summed E-state index contributed by atoms with van der Waals surface area (Å²) in [5.74, 6) is 0. The van der Waals surface area contributed by atoms with Crippen LogP contribution in [0, 0.1) is 10.8 Å². The van der Waals surface area contributed by atoms with Crippen LogP contribution in [0.5, 0.6) is 0 Å². The van der Waals surface area contributed by atoms with E-state index in [2.05, 4.69) is 0 Å². The summed E-state index contributed by atoms with van der Waals surface area (Å²) in [7, 11) is -1.43. The van der Waals surface area contributed by atoms with Gasteiger partial charge in [-0.25, -0.2) is 0 Å². The van der Waals surface area contributed by atoms with Gasteiger partial charge in [0.2, 0.25) is 0 Å². The average molecular weight is 340 g/mol. The normalized spacial score (nSPS) is 16.4. The maximum Gasteiger partial charge on any atom is 0.427 e. The Labute approximate surface area is 121 Å². The summed E-state index contributed by atoms with van der Waals surface area (Å²) in [5, 5.41) is 6.77. The van der Waals surface area contributed by atoms with Gasteiger partial charge >= 0.3 is 12.4 Å². The topological polar surface area (TPSA) is 37.3 Å². The van der Waals surface area contributed by atoms with Crippen LogP contribution in [0.3, 0.4) is 0 Å². The van der Waals surface area contributed by atoms with Crippen LogP contribution in [-0.4, -0.2) is 28.2 Å². The standard InChI is InChI=1S/C12H19F6O2P/c1-7(2,3)10(21-20,8(4,5)6)9(19,11(13,14)15)12(16,17)18/h19H,1-6H3. The van der Waals surface area contributed by atoms with Crippen LogP contribution in [-0.2, 0) is 4.57 Å². The van der Waals surface area contributed by atoms with E-state index in [1.54, 1.807) is 0 Å². The third-order valence-electron chi connectivity index (χ3n) is 3.65. The first-order chi connectivity index (χ1) is 8.81. The van der Waals surface area contributed by atoms with Gasteiger partial charge in [-0.05, 0) is 10.8 Å². The molecule has 0 aliphatic carbocycles. The van der Waals surface area contributed by atoms with Crippen molar-refractivity contribution < 1.29 is 36.0 Å². The zero-order valence-electron chi connectivity index (χ0n) is 12.6. The first-order valence-electron chi connectivity index (χ1n) is 6.01. The minimum absolute atomic E-state index is 1.09. The van der Waals surface area contributed by atoms with Gasteiger partial charge in [-0.15, -0.1) is 0 Å². The summed E-state index contributed by atoms with van der Waals surface area (Å²) in [6.07, 6.45) is -12.1. The number of halogens is 6. The molecule has 0 unspecified atom stereocenters. The molecule has 0 heterocycles. The SMILES string of the molecule is CC(C)(C)C(P=O)(C(C)(C)C)C(O)(C(F)(F)F)C(F)(F)F.